The van der Waals surface area contributed by atoms with E-state index >= 15 is 0 Å². The zero-order valence-electron chi connectivity index (χ0n) is 9.70. The quantitative estimate of drug-likeness (QED) is 0.586. The Hall–Kier alpha value is -2.18. The van der Waals surface area contributed by atoms with Crippen molar-refractivity contribution in [3.63, 3.8) is 0 Å². The van der Waals surface area contributed by atoms with Crippen molar-refractivity contribution in [1.82, 2.24) is 19.6 Å². The first-order valence-electron chi connectivity index (χ1n) is 5.23. The van der Waals surface area contributed by atoms with Gasteiger partial charge in [0.25, 0.3) is 0 Å². The summed E-state index contributed by atoms with van der Waals surface area (Å²) in [7, 11) is 1.85. The average molecular weight is 235 g/mol. The Labute approximate surface area is 97.8 Å². The van der Waals surface area contributed by atoms with Crippen LogP contribution in [-0.2, 0) is 20.0 Å². The average Bonchev–Trinajstić information content (AvgIpc) is 2.82. The fourth-order valence-corrected chi connectivity index (χ4v) is 1.63. The van der Waals surface area contributed by atoms with Crippen molar-refractivity contribution in [1.29, 1.82) is 0 Å². The van der Waals surface area contributed by atoms with Gasteiger partial charge in [0.1, 0.15) is 11.9 Å². The maximum absolute atomic E-state index is 10.6. The molecule has 0 N–H and O–H groups in total. The van der Waals surface area contributed by atoms with Crippen molar-refractivity contribution in [3.05, 3.63) is 40.0 Å². The highest BCUT2D eigenvalue weighted by Gasteiger charge is 2.15. The SMILES string of the molecule is Cc1nn(CCc2ccn(C)n2)cc1[N+](=O)[O-]. The Morgan fingerprint density at radius 1 is 1.47 bits per heavy atom. The molecule has 0 aliphatic heterocycles. The Morgan fingerprint density at radius 3 is 2.76 bits per heavy atom. The van der Waals surface area contributed by atoms with Gasteiger partial charge in [-0.15, -0.1) is 0 Å². The molecule has 2 aromatic rings. The molecule has 0 aliphatic carbocycles. The van der Waals surface area contributed by atoms with Gasteiger partial charge in [0.05, 0.1) is 10.6 Å². The molecule has 17 heavy (non-hydrogen) atoms. The van der Waals surface area contributed by atoms with E-state index in [4.69, 9.17) is 0 Å². The predicted molar refractivity (Wildman–Crippen MR) is 60.5 cm³/mol. The molecule has 0 saturated carbocycles. The molecule has 0 atom stereocenters. The van der Waals surface area contributed by atoms with Crippen molar-refractivity contribution in [2.24, 2.45) is 7.05 Å². The van der Waals surface area contributed by atoms with E-state index in [1.807, 2.05) is 19.3 Å². The van der Waals surface area contributed by atoms with Crippen molar-refractivity contribution in [2.75, 3.05) is 0 Å². The Kier molecular flexibility index (Phi) is 2.90. The summed E-state index contributed by atoms with van der Waals surface area (Å²) in [6, 6.07) is 1.92. The summed E-state index contributed by atoms with van der Waals surface area (Å²) in [4.78, 5) is 10.2. The minimum Gasteiger partial charge on any atom is -0.276 e. The predicted octanol–water partition coefficient (Wildman–Crippen LogP) is 1.08. The molecule has 0 radical (unpaired) electrons. The monoisotopic (exact) mass is 235 g/mol. The Balaban J connectivity index is 2.04. The number of hydrogen-bond acceptors (Lipinski definition) is 4. The van der Waals surface area contributed by atoms with Gasteiger partial charge in [-0.3, -0.25) is 19.5 Å². The number of rotatable bonds is 4. The van der Waals surface area contributed by atoms with Crippen molar-refractivity contribution >= 4 is 5.69 Å². The minimum absolute atomic E-state index is 0.0611. The van der Waals surface area contributed by atoms with E-state index in [1.165, 1.54) is 6.20 Å². The van der Waals surface area contributed by atoms with Crippen LogP contribution in [0, 0.1) is 17.0 Å². The first kappa shape index (κ1) is 11.3. The van der Waals surface area contributed by atoms with Crippen LogP contribution in [-0.4, -0.2) is 24.5 Å². The summed E-state index contributed by atoms with van der Waals surface area (Å²) in [6.45, 7) is 2.22. The smallest absolute Gasteiger partial charge is 0.276 e. The molecule has 90 valence electrons. The second-order valence-electron chi connectivity index (χ2n) is 3.85. The lowest BCUT2D eigenvalue weighted by Crippen LogP contribution is -2.03. The third-order valence-corrected chi connectivity index (χ3v) is 2.48. The van der Waals surface area contributed by atoms with E-state index in [9.17, 15) is 10.1 Å². The summed E-state index contributed by atoms with van der Waals surface area (Å²) in [5.41, 5.74) is 1.45. The molecule has 0 fully saturated rings. The largest absolute Gasteiger partial charge is 0.309 e. The molecule has 0 aromatic carbocycles. The van der Waals surface area contributed by atoms with Crippen LogP contribution in [0.25, 0.3) is 0 Å². The number of nitro groups is 1. The zero-order valence-corrected chi connectivity index (χ0v) is 9.70. The van der Waals surface area contributed by atoms with Gasteiger partial charge in [0.2, 0.25) is 0 Å². The molecule has 2 heterocycles. The second-order valence-corrected chi connectivity index (χ2v) is 3.85. The van der Waals surface area contributed by atoms with Crippen molar-refractivity contribution < 1.29 is 4.92 Å². The van der Waals surface area contributed by atoms with Crippen LogP contribution in [0.2, 0.25) is 0 Å². The van der Waals surface area contributed by atoms with E-state index < -0.39 is 4.92 Å². The highest BCUT2D eigenvalue weighted by atomic mass is 16.6. The molecule has 2 aromatic heterocycles. The summed E-state index contributed by atoms with van der Waals surface area (Å²) in [5.74, 6) is 0. The first-order valence-corrected chi connectivity index (χ1v) is 5.23. The molecular weight excluding hydrogens is 222 g/mol. The fraction of sp³-hybridized carbons (Fsp3) is 0.400. The maximum Gasteiger partial charge on any atom is 0.309 e. The molecule has 7 heteroatoms. The summed E-state index contributed by atoms with van der Waals surface area (Å²) < 4.78 is 3.31. The molecule has 0 spiro atoms. The van der Waals surface area contributed by atoms with Crippen LogP contribution in [0.3, 0.4) is 0 Å². The lowest BCUT2D eigenvalue weighted by Gasteiger charge is -1.97. The van der Waals surface area contributed by atoms with Crippen molar-refractivity contribution in [3.8, 4) is 0 Å². The van der Waals surface area contributed by atoms with Gasteiger partial charge < -0.3 is 0 Å². The van der Waals surface area contributed by atoms with Gasteiger partial charge in [-0.2, -0.15) is 10.2 Å². The molecular formula is C10H13N5O2. The first-order chi connectivity index (χ1) is 8.06. The standard InChI is InChI=1S/C10H13N5O2/c1-8-10(15(16)17)7-14(11-8)6-4-9-3-5-13(2)12-9/h3,5,7H,4,6H2,1-2H3. The van der Waals surface area contributed by atoms with Crippen LogP contribution >= 0.6 is 0 Å². The van der Waals surface area contributed by atoms with Crippen LogP contribution in [0.5, 0.6) is 0 Å². The summed E-state index contributed by atoms with van der Waals surface area (Å²) >= 11 is 0. The molecule has 7 nitrogen and oxygen atoms in total. The number of aromatic nitrogens is 4. The molecule has 0 aliphatic rings. The number of aryl methyl sites for hydroxylation is 4. The van der Waals surface area contributed by atoms with E-state index in [-0.39, 0.29) is 5.69 Å². The van der Waals surface area contributed by atoms with Crippen LogP contribution in [0.15, 0.2) is 18.5 Å². The Morgan fingerprint density at radius 2 is 2.24 bits per heavy atom. The van der Waals surface area contributed by atoms with Gasteiger partial charge in [0, 0.05) is 26.2 Å². The lowest BCUT2D eigenvalue weighted by atomic mass is 10.3. The maximum atomic E-state index is 10.6. The highest BCUT2D eigenvalue weighted by Crippen LogP contribution is 2.15. The zero-order chi connectivity index (χ0) is 12.4. The van der Waals surface area contributed by atoms with Crippen LogP contribution < -0.4 is 0 Å². The lowest BCUT2D eigenvalue weighted by molar-refractivity contribution is -0.385. The van der Waals surface area contributed by atoms with E-state index in [2.05, 4.69) is 10.2 Å². The van der Waals surface area contributed by atoms with Gasteiger partial charge in [-0.25, -0.2) is 0 Å². The molecule has 0 unspecified atom stereocenters. The minimum atomic E-state index is -0.417. The molecule has 0 amide bonds. The topological polar surface area (TPSA) is 78.8 Å². The van der Waals surface area contributed by atoms with Crippen molar-refractivity contribution in [2.45, 2.75) is 19.9 Å². The molecule has 0 bridgehead atoms. The van der Waals surface area contributed by atoms with E-state index in [0.717, 1.165) is 5.69 Å². The third kappa shape index (κ3) is 2.49. The second kappa shape index (κ2) is 4.36. The summed E-state index contributed by atoms with van der Waals surface area (Å²) in [5, 5.41) is 19.0. The van der Waals surface area contributed by atoms with E-state index in [1.54, 1.807) is 16.3 Å². The Bertz CT molecular complexity index is 543. The van der Waals surface area contributed by atoms with Gasteiger partial charge in [0.15, 0.2) is 0 Å². The fourth-order valence-electron chi connectivity index (χ4n) is 1.63. The van der Waals surface area contributed by atoms with E-state index in [0.29, 0.717) is 18.7 Å². The van der Waals surface area contributed by atoms with Gasteiger partial charge in [-0.05, 0) is 13.0 Å². The van der Waals surface area contributed by atoms with Crippen LogP contribution in [0.1, 0.15) is 11.4 Å². The molecule has 2 rings (SSSR count). The molecule has 0 saturated heterocycles. The van der Waals surface area contributed by atoms with Crippen LogP contribution in [0.4, 0.5) is 5.69 Å². The van der Waals surface area contributed by atoms with Gasteiger partial charge in [-0.1, -0.05) is 0 Å². The normalized spacial score (nSPS) is 10.7. The third-order valence-electron chi connectivity index (χ3n) is 2.48. The highest BCUT2D eigenvalue weighted by molar-refractivity contribution is 5.30. The number of nitrogens with zero attached hydrogens (tertiary/aromatic N) is 5. The van der Waals surface area contributed by atoms with Gasteiger partial charge >= 0.3 is 5.69 Å². The number of hydrogen-bond donors (Lipinski definition) is 0. The summed E-state index contributed by atoms with van der Waals surface area (Å²) in [6.07, 6.45) is 4.03.